The summed E-state index contributed by atoms with van der Waals surface area (Å²) >= 11 is 0. The van der Waals surface area contributed by atoms with Crippen molar-refractivity contribution in [1.82, 2.24) is 0 Å². The van der Waals surface area contributed by atoms with Gasteiger partial charge in [0.05, 0.1) is 24.0 Å². The Hall–Kier alpha value is -6.34. The number of allylic oxidation sites excluding steroid dienone is 18. The zero-order chi connectivity index (χ0) is 44.0. The van der Waals surface area contributed by atoms with Crippen molar-refractivity contribution in [2.45, 2.75) is 41.5 Å². The van der Waals surface area contributed by atoms with Crippen LogP contribution in [0, 0.1) is 10.8 Å². The molecule has 0 aliphatic rings. The highest BCUT2D eigenvalue weighted by atomic mass is 16.6. The van der Waals surface area contributed by atoms with Crippen LogP contribution in [-0.4, -0.2) is 88.7 Å². The van der Waals surface area contributed by atoms with Gasteiger partial charge in [-0.15, -0.1) is 0 Å². The van der Waals surface area contributed by atoms with Crippen molar-refractivity contribution >= 4 is 35.8 Å². The van der Waals surface area contributed by atoms with Crippen LogP contribution >= 0.6 is 0 Å². The Balaban J connectivity index is 7.15. The van der Waals surface area contributed by atoms with Crippen molar-refractivity contribution in [3.63, 3.8) is 0 Å². The molecule has 13 nitrogen and oxygen atoms in total. The normalized spacial score (nSPS) is 13.1. The highest BCUT2D eigenvalue weighted by Gasteiger charge is 2.40. The Labute approximate surface area is 348 Å². The lowest BCUT2D eigenvalue weighted by molar-refractivity contribution is -0.169. The van der Waals surface area contributed by atoms with E-state index in [1.54, 1.807) is 114 Å². The lowest BCUT2D eigenvalue weighted by Gasteiger charge is -2.35. The van der Waals surface area contributed by atoms with Crippen LogP contribution in [0.2, 0.25) is 0 Å². The number of hydrogen-bond donors (Lipinski definition) is 0. The molecule has 0 fully saturated rings. The van der Waals surface area contributed by atoms with Gasteiger partial charge in [-0.3, -0.25) is 0 Å². The second-order valence-electron chi connectivity index (χ2n) is 12.4. The van der Waals surface area contributed by atoms with Crippen molar-refractivity contribution in [3.8, 4) is 0 Å². The van der Waals surface area contributed by atoms with Crippen LogP contribution in [0.1, 0.15) is 41.5 Å². The van der Waals surface area contributed by atoms with Gasteiger partial charge in [0, 0.05) is 36.5 Å². The molecule has 0 spiro atoms. The third-order valence-electron chi connectivity index (χ3n) is 7.16. The topological polar surface area (TPSA) is 167 Å². The second-order valence-corrected chi connectivity index (χ2v) is 12.4. The number of hydrogen-bond acceptors (Lipinski definition) is 13. The molecule has 0 aromatic carbocycles. The molecular weight excluding hydrogens is 760 g/mol. The standard InChI is InChI=1S/C46H58O13/c1-7-13-19-25-39(47)54-33-45(34-55-40(48)26-20-14-8-2,35-56-41(49)27-21-15-9-3)31-53-32-46(36-57-42(50)28-22-16-10-4,37-58-43(51)29-23-17-11-5)38-59-44(52)30-24-18-12-6/h7-30H,31-38H2,1-6H3/b13-7+,14-8+,15-9+,16-10+,17-11+,18-12+,25-19+,26-20+,27-21+,28-22+,29-23+,30-24+. The minimum Gasteiger partial charge on any atom is -0.462 e. The fourth-order valence-electron chi connectivity index (χ4n) is 4.09. The first-order valence-electron chi connectivity index (χ1n) is 18.8. The molecule has 0 aromatic rings. The molecule has 320 valence electrons. The Morgan fingerprint density at radius 3 is 0.610 bits per heavy atom. The minimum atomic E-state index is -1.53. The number of rotatable bonds is 28. The summed E-state index contributed by atoms with van der Waals surface area (Å²) in [6, 6.07) is 0. The van der Waals surface area contributed by atoms with E-state index in [1.165, 1.54) is 72.9 Å². The summed E-state index contributed by atoms with van der Waals surface area (Å²) in [6.45, 7) is 6.90. The van der Waals surface area contributed by atoms with E-state index in [9.17, 15) is 28.8 Å². The average molecular weight is 819 g/mol. The SMILES string of the molecule is C/C=C/C=C/C(=O)OCC(COCC(COC(=O)/C=C/C=C/C)(COC(=O)/C=C/C=C/C)COC(=O)/C=C/C=C/C)(COC(=O)/C=C/C=C/C)COC(=O)/C=C/C=C/C. The molecule has 0 saturated carbocycles. The van der Waals surface area contributed by atoms with E-state index >= 15 is 0 Å². The third-order valence-corrected chi connectivity index (χ3v) is 7.16. The average Bonchev–Trinajstić information content (AvgIpc) is 3.22. The van der Waals surface area contributed by atoms with E-state index in [1.807, 2.05) is 0 Å². The summed E-state index contributed by atoms with van der Waals surface area (Å²) in [6.07, 6.45) is 35.7. The van der Waals surface area contributed by atoms with Crippen LogP contribution in [-0.2, 0) is 61.9 Å². The molecule has 13 heteroatoms. The molecule has 0 amide bonds. The number of carbonyl (C=O) groups excluding carboxylic acids is 6. The van der Waals surface area contributed by atoms with Crippen molar-refractivity contribution in [3.05, 3.63) is 146 Å². The first-order chi connectivity index (χ1) is 28.4. The van der Waals surface area contributed by atoms with E-state index in [4.69, 9.17) is 33.2 Å². The zero-order valence-corrected chi connectivity index (χ0v) is 34.8. The lowest BCUT2D eigenvalue weighted by atomic mass is 9.90. The van der Waals surface area contributed by atoms with Crippen LogP contribution in [0.5, 0.6) is 0 Å². The summed E-state index contributed by atoms with van der Waals surface area (Å²) in [5.74, 6) is -4.53. The molecule has 0 unspecified atom stereocenters. The second kappa shape index (κ2) is 33.8. The van der Waals surface area contributed by atoms with Crippen molar-refractivity contribution < 1.29 is 61.9 Å². The first-order valence-corrected chi connectivity index (χ1v) is 18.8. The molecule has 0 bridgehead atoms. The number of ether oxygens (including phenoxy) is 7. The maximum atomic E-state index is 12.7. The molecule has 0 aliphatic heterocycles. The molecule has 0 N–H and O–H groups in total. The van der Waals surface area contributed by atoms with Gasteiger partial charge in [0.25, 0.3) is 0 Å². The molecule has 0 atom stereocenters. The highest BCUT2D eigenvalue weighted by molar-refractivity contribution is 5.84. The van der Waals surface area contributed by atoms with E-state index in [0.29, 0.717) is 0 Å². The van der Waals surface area contributed by atoms with Crippen LogP contribution in [0.15, 0.2) is 146 Å². The lowest BCUT2D eigenvalue weighted by Crippen LogP contribution is -2.47. The van der Waals surface area contributed by atoms with Gasteiger partial charge in [-0.25, -0.2) is 28.8 Å². The van der Waals surface area contributed by atoms with Crippen molar-refractivity contribution in [2.75, 3.05) is 52.9 Å². The Bertz CT molecular complexity index is 1370. The summed E-state index contributed by atoms with van der Waals surface area (Å²) in [7, 11) is 0. The molecular formula is C46H58O13. The van der Waals surface area contributed by atoms with Crippen LogP contribution < -0.4 is 0 Å². The molecule has 0 aromatic heterocycles. The van der Waals surface area contributed by atoms with E-state index < -0.39 is 99.5 Å². The smallest absolute Gasteiger partial charge is 0.330 e. The van der Waals surface area contributed by atoms with E-state index in [-0.39, 0.29) is 0 Å². The molecule has 59 heavy (non-hydrogen) atoms. The third kappa shape index (κ3) is 27.8. The van der Waals surface area contributed by atoms with Gasteiger partial charge >= 0.3 is 35.8 Å². The maximum absolute atomic E-state index is 12.7. The number of carbonyl (C=O) groups is 6. The monoisotopic (exact) mass is 818 g/mol. The minimum absolute atomic E-state index is 0.419. The Morgan fingerprint density at radius 2 is 0.458 bits per heavy atom. The van der Waals surface area contributed by atoms with Crippen molar-refractivity contribution in [1.29, 1.82) is 0 Å². The predicted octanol–water partition coefficient (Wildman–Crippen LogP) is 7.03. The van der Waals surface area contributed by atoms with E-state index in [0.717, 1.165) is 0 Å². The van der Waals surface area contributed by atoms with Gasteiger partial charge in [0.2, 0.25) is 0 Å². The van der Waals surface area contributed by atoms with Crippen LogP contribution in [0.4, 0.5) is 0 Å². The predicted molar refractivity (Wildman–Crippen MR) is 225 cm³/mol. The van der Waals surface area contributed by atoms with Gasteiger partial charge in [-0.05, 0) is 41.5 Å². The van der Waals surface area contributed by atoms with Gasteiger partial charge in [-0.2, -0.15) is 0 Å². The Morgan fingerprint density at radius 1 is 0.288 bits per heavy atom. The first kappa shape index (κ1) is 52.7. The molecule has 0 aliphatic carbocycles. The summed E-state index contributed by atoms with van der Waals surface area (Å²) in [4.78, 5) is 76.4. The summed E-state index contributed by atoms with van der Waals surface area (Å²) in [5, 5.41) is 0. The van der Waals surface area contributed by atoms with Crippen LogP contribution in [0.3, 0.4) is 0 Å². The van der Waals surface area contributed by atoms with Crippen molar-refractivity contribution in [2.24, 2.45) is 10.8 Å². The van der Waals surface area contributed by atoms with Gasteiger partial charge in [-0.1, -0.05) is 109 Å². The molecule has 0 heterocycles. The molecule has 0 rings (SSSR count). The van der Waals surface area contributed by atoms with Gasteiger partial charge in [0.15, 0.2) is 0 Å². The molecule has 0 radical (unpaired) electrons. The zero-order valence-electron chi connectivity index (χ0n) is 34.8. The summed E-state index contributed by atoms with van der Waals surface area (Å²) < 4.78 is 39.5. The highest BCUT2D eigenvalue weighted by Crippen LogP contribution is 2.26. The maximum Gasteiger partial charge on any atom is 0.330 e. The quantitative estimate of drug-likeness (QED) is 0.0342. The summed E-state index contributed by atoms with van der Waals surface area (Å²) in [5.41, 5.74) is -3.07. The van der Waals surface area contributed by atoms with Gasteiger partial charge < -0.3 is 33.2 Å². The van der Waals surface area contributed by atoms with Crippen LogP contribution in [0.25, 0.3) is 0 Å². The number of esters is 6. The van der Waals surface area contributed by atoms with E-state index in [2.05, 4.69) is 0 Å². The largest absolute Gasteiger partial charge is 0.462 e. The fourth-order valence-corrected chi connectivity index (χ4v) is 4.09. The van der Waals surface area contributed by atoms with Gasteiger partial charge in [0.1, 0.15) is 39.6 Å². The Kier molecular flexibility index (Phi) is 30.1. The fraction of sp³-hybridized carbons (Fsp3) is 0.348. The molecule has 0 saturated heterocycles.